The van der Waals surface area contributed by atoms with Gasteiger partial charge >= 0.3 is 0 Å². The van der Waals surface area contributed by atoms with E-state index in [0.29, 0.717) is 18.4 Å². The smallest absolute Gasteiger partial charge is 0.236 e. The number of nitrogens with zero attached hydrogens (tertiary/aromatic N) is 2. The van der Waals surface area contributed by atoms with Gasteiger partial charge in [-0.2, -0.15) is 0 Å². The van der Waals surface area contributed by atoms with E-state index < -0.39 is 0 Å². The lowest BCUT2D eigenvalue weighted by molar-refractivity contribution is -0.130. The molecule has 168 valence electrons. The van der Waals surface area contributed by atoms with Gasteiger partial charge in [0, 0.05) is 32.2 Å². The summed E-state index contributed by atoms with van der Waals surface area (Å²) in [4.78, 5) is 17.2. The molecule has 1 atom stereocenters. The number of benzene rings is 2. The van der Waals surface area contributed by atoms with E-state index in [1.54, 1.807) is 7.11 Å². The lowest BCUT2D eigenvalue weighted by Gasteiger charge is -2.37. The second-order valence-electron chi connectivity index (χ2n) is 8.96. The molecule has 5 nitrogen and oxygen atoms in total. The Bertz CT molecular complexity index is 840. The van der Waals surface area contributed by atoms with E-state index in [2.05, 4.69) is 68.2 Å². The van der Waals surface area contributed by atoms with Crippen molar-refractivity contribution in [2.75, 3.05) is 44.7 Å². The standard InChI is InChI=1S/C26H37N3O2/c1-19(2)21-10-12-22(13-11-21)26(20(3)4)27-18-25(30)29-16-14-28(15-17-29)23-8-6-7-9-24(23)31-5/h6-13,19-20,26-27H,14-18H2,1-5H3/t26-/m0/s1. The number of nitrogens with one attached hydrogen (secondary N) is 1. The van der Waals surface area contributed by atoms with Gasteiger partial charge in [-0.05, 0) is 35.1 Å². The van der Waals surface area contributed by atoms with Gasteiger partial charge in [0.25, 0.3) is 0 Å². The zero-order valence-corrected chi connectivity index (χ0v) is 19.6. The van der Waals surface area contributed by atoms with Crippen molar-refractivity contribution < 1.29 is 9.53 Å². The zero-order valence-electron chi connectivity index (χ0n) is 19.6. The average Bonchev–Trinajstić information content (AvgIpc) is 2.79. The van der Waals surface area contributed by atoms with Crippen molar-refractivity contribution in [3.05, 3.63) is 59.7 Å². The van der Waals surface area contributed by atoms with Crippen molar-refractivity contribution in [3.63, 3.8) is 0 Å². The van der Waals surface area contributed by atoms with Crippen LogP contribution in [0.2, 0.25) is 0 Å². The predicted octanol–water partition coefficient (Wildman–Crippen LogP) is 4.45. The summed E-state index contributed by atoms with van der Waals surface area (Å²) in [6, 6.07) is 17.0. The topological polar surface area (TPSA) is 44.8 Å². The third-order valence-electron chi connectivity index (χ3n) is 6.16. The van der Waals surface area contributed by atoms with Crippen LogP contribution in [-0.2, 0) is 4.79 Å². The molecule has 1 aliphatic rings. The first-order valence-electron chi connectivity index (χ1n) is 11.4. The van der Waals surface area contributed by atoms with Crippen LogP contribution in [0, 0.1) is 5.92 Å². The minimum Gasteiger partial charge on any atom is -0.495 e. The van der Waals surface area contributed by atoms with E-state index in [1.165, 1.54) is 11.1 Å². The number of amides is 1. The molecule has 2 aromatic rings. The Labute approximate surface area is 187 Å². The van der Waals surface area contributed by atoms with Crippen LogP contribution in [-0.4, -0.2) is 50.6 Å². The first-order chi connectivity index (χ1) is 14.9. The first-order valence-corrected chi connectivity index (χ1v) is 11.4. The van der Waals surface area contributed by atoms with Crippen LogP contribution in [0.3, 0.4) is 0 Å². The molecule has 0 aliphatic carbocycles. The highest BCUT2D eigenvalue weighted by Crippen LogP contribution is 2.28. The Hall–Kier alpha value is -2.53. The third-order valence-corrected chi connectivity index (χ3v) is 6.16. The number of hydrogen-bond acceptors (Lipinski definition) is 4. The van der Waals surface area contributed by atoms with Crippen LogP contribution in [0.5, 0.6) is 5.75 Å². The van der Waals surface area contributed by atoms with Crippen molar-refractivity contribution in [2.45, 2.75) is 39.7 Å². The first kappa shape index (κ1) is 23.1. The number of rotatable bonds is 8. The SMILES string of the molecule is COc1ccccc1N1CCN(C(=O)CN[C@H](c2ccc(C(C)C)cc2)C(C)C)CC1. The molecule has 3 rings (SSSR count). The Morgan fingerprint density at radius 1 is 0.935 bits per heavy atom. The van der Waals surface area contributed by atoms with E-state index in [1.807, 2.05) is 23.1 Å². The monoisotopic (exact) mass is 423 g/mol. The molecule has 0 unspecified atom stereocenters. The normalized spacial score (nSPS) is 15.5. The van der Waals surface area contributed by atoms with Gasteiger partial charge in [-0.1, -0.05) is 64.1 Å². The van der Waals surface area contributed by atoms with E-state index >= 15 is 0 Å². The number of carbonyl (C=O) groups excluding carboxylic acids is 1. The minimum atomic E-state index is 0.167. The fourth-order valence-electron chi connectivity index (χ4n) is 4.22. The quantitative estimate of drug-likeness (QED) is 0.681. The molecular weight excluding hydrogens is 386 g/mol. The molecular formula is C26H37N3O2. The number of piperazine rings is 1. The van der Waals surface area contributed by atoms with Crippen molar-refractivity contribution >= 4 is 11.6 Å². The summed E-state index contributed by atoms with van der Waals surface area (Å²) in [5.41, 5.74) is 3.68. The Morgan fingerprint density at radius 2 is 1.55 bits per heavy atom. The molecule has 0 bridgehead atoms. The number of ether oxygens (including phenoxy) is 1. The summed E-state index contributed by atoms with van der Waals surface area (Å²) in [5.74, 6) is 1.98. The molecule has 1 saturated heterocycles. The molecule has 1 fully saturated rings. The van der Waals surface area contributed by atoms with Crippen molar-refractivity contribution in [1.29, 1.82) is 0 Å². The van der Waals surface area contributed by atoms with E-state index in [4.69, 9.17) is 4.74 Å². The van der Waals surface area contributed by atoms with Crippen LogP contribution in [0.15, 0.2) is 48.5 Å². The molecule has 1 heterocycles. The van der Waals surface area contributed by atoms with Gasteiger partial charge in [0.1, 0.15) is 5.75 Å². The third kappa shape index (κ3) is 5.79. The second-order valence-corrected chi connectivity index (χ2v) is 8.96. The van der Waals surface area contributed by atoms with Gasteiger partial charge in [0.05, 0.1) is 19.3 Å². The van der Waals surface area contributed by atoms with Gasteiger partial charge in [0.15, 0.2) is 0 Å². The van der Waals surface area contributed by atoms with Crippen LogP contribution < -0.4 is 15.0 Å². The molecule has 1 aliphatic heterocycles. The molecule has 2 aromatic carbocycles. The molecule has 1 N–H and O–H groups in total. The Kier molecular flexibility index (Phi) is 7.97. The summed E-state index contributed by atoms with van der Waals surface area (Å²) >= 11 is 0. The fraction of sp³-hybridized carbons (Fsp3) is 0.500. The summed E-state index contributed by atoms with van der Waals surface area (Å²) in [5, 5.41) is 3.52. The lowest BCUT2D eigenvalue weighted by Crippen LogP contribution is -2.51. The minimum absolute atomic E-state index is 0.167. The number of anilines is 1. The maximum Gasteiger partial charge on any atom is 0.236 e. The van der Waals surface area contributed by atoms with Crippen molar-refractivity contribution in [3.8, 4) is 5.75 Å². The second kappa shape index (κ2) is 10.7. The van der Waals surface area contributed by atoms with E-state index in [0.717, 1.165) is 37.6 Å². The number of para-hydroxylation sites is 2. The maximum atomic E-state index is 12.9. The highest BCUT2D eigenvalue weighted by molar-refractivity contribution is 5.78. The highest BCUT2D eigenvalue weighted by atomic mass is 16.5. The predicted molar refractivity (Wildman–Crippen MR) is 128 cm³/mol. The summed E-state index contributed by atoms with van der Waals surface area (Å²) in [6.45, 7) is 12.3. The Morgan fingerprint density at radius 3 is 2.13 bits per heavy atom. The van der Waals surface area contributed by atoms with E-state index in [-0.39, 0.29) is 11.9 Å². The number of methoxy groups -OCH3 is 1. The summed E-state index contributed by atoms with van der Waals surface area (Å²) < 4.78 is 5.49. The number of carbonyl (C=O) groups is 1. The number of hydrogen-bond donors (Lipinski definition) is 1. The van der Waals surface area contributed by atoms with Gasteiger partial charge in [0.2, 0.25) is 5.91 Å². The molecule has 1 amide bonds. The highest BCUT2D eigenvalue weighted by Gasteiger charge is 2.24. The van der Waals surface area contributed by atoms with Crippen molar-refractivity contribution in [1.82, 2.24) is 10.2 Å². The van der Waals surface area contributed by atoms with E-state index in [9.17, 15) is 4.79 Å². The molecule has 5 heteroatoms. The van der Waals surface area contributed by atoms with Gasteiger partial charge in [-0.25, -0.2) is 0 Å². The van der Waals surface area contributed by atoms with Gasteiger partial charge in [-0.3, -0.25) is 4.79 Å². The largest absolute Gasteiger partial charge is 0.495 e. The average molecular weight is 424 g/mol. The summed E-state index contributed by atoms with van der Waals surface area (Å²) in [7, 11) is 1.70. The molecule has 31 heavy (non-hydrogen) atoms. The Balaban J connectivity index is 1.55. The van der Waals surface area contributed by atoms with Crippen LogP contribution in [0.1, 0.15) is 50.8 Å². The van der Waals surface area contributed by atoms with Crippen LogP contribution in [0.4, 0.5) is 5.69 Å². The summed E-state index contributed by atoms with van der Waals surface area (Å²) in [6.07, 6.45) is 0. The lowest BCUT2D eigenvalue weighted by atomic mass is 9.93. The molecule has 0 spiro atoms. The zero-order chi connectivity index (χ0) is 22.4. The van der Waals surface area contributed by atoms with Crippen molar-refractivity contribution in [2.24, 2.45) is 5.92 Å². The molecule has 0 aromatic heterocycles. The molecule has 0 saturated carbocycles. The van der Waals surface area contributed by atoms with Crippen LogP contribution in [0.25, 0.3) is 0 Å². The maximum absolute atomic E-state index is 12.9. The van der Waals surface area contributed by atoms with Crippen LogP contribution >= 0.6 is 0 Å². The van der Waals surface area contributed by atoms with Gasteiger partial charge < -0.3 is 19.9 Å². The van der Waals surface area contributed by atoms with Gasteiger partial charge in [-0.15, -0.1) is 0 Å². The fourth-order valence-corrected chi connectivity index (χ4v) is 4.22. The molecule has 0 radical (unpaired) electrons.